The second kappa shape index (κ2) is 4.64. The Hall–Kier alpha value is 0.507. The van der Waals surface area contributed by atoms with Crippen LogP contribution in [0.25, 0.3) is 0 Å². The van der Waals surface area contributed by atoms with Crippen LogP contribution in [0.4, 0.5) is 0 Å². The molecule has 0 bridgehead atoms. The Bertz CT molecular complexity index is 216. The largest absolute Gasteiger partial charge is 0.167 e. The molecule has 0 nitrogen and oxygen atoms in total. The maximum atomic E-state index is 7.37. The standard InChI is InChI=1S/C14H27ClSi/c1-14(2,3)16(15,12-8-4-5-9-12)13-10-6-7-11-13/h12-13H,4-11H2,1-3H3. The molecule has 2 fully saturated rings. The van der Waals surface area contributed by atoms with Gasteiger partial charge in [-0.25, -0.2) is 0 Å². The number of hydrogen-bond acceptors (Lipinski definition) is 0. The van der Waals surface area contributed by atoms with Crippen LogP contribution in [0.15, 0.2) is 0 Å². The third-order valence-corrected chi connectivity index (χ3v) is 14.4. The maximum absolute atomic E-state index is 7.37. The van der Waals surface area contributed by atoms with Gasteiger partial charge in [0.2, 0.25) is 0 Å². The molecule has 0 amide bonds. The molecule has 0 N–H and O–H groups in total. The molecule has 94 valence electrons. The lowest BCUT2D eigenvalue weighted by molar-refractivity contribution is 0.637. The molecule has 0 aliphatic heterocycles. The number of halogens is 1. The Kier molecular flexibility index (Phi) is 3.76. The van der Waals surface area contributed by atoms with E-state index in [-0.39, 0.29) is 0 Å². The van der Waals surface area contributed by atoms with Gasteiger partial charge >= 0.3 is 0 Å². The van der Waals surface area contributed by atoms with E-state index in [2.05, 4.69) is 20.8 Å². The first-order chi connectivity index (χ1) is 7.46. The molecule has 2 rings (SSSR count). The molecule has 2 saturated carbocycles. The van der Waals surface area contributed by atoms with Crippen molar-refractivity contribution in [2.45, 2.75) is 88.3 Å². The molecule has 0 aromatic rings. The topological polar surface area (TPSA) is 0 Å². The van der Waals surface area contributed by atoms with Crippen molar-refractivity contribution in [2.75, 3.05) is 0 Å². The monoisotopic (exact) mass is 258 g/mol. The van der Waals surface area contributed by atoms with Gasteiger partial charge in [0.1, 0.15) is 0 Å². The van der Waals surface area contributed by atoms with E-state index in [1.165, 1.54) is 51.4 Å². The highest BCUT2D eigenvalue weighted by Gasteiger charge is 2.55. The summed E-state index contributed by atoms with van der Waals surface area (Å²) in [6, 6.07) is 0. The average molecular weight is 259 g/mol. The Balaban J connectivity index is 2.23. The highest BCUT2D eigenvalue weighted by molar-refractivity contribution is 7.23. The predicted octanol–water partition coefficient (Wildman–Crippen LogP) is 5.86. The van der Waals surface area contributed by atoms with Gasteiger partial charge in [-0.05, 0) is 16.1 Å². The lowest BCUT2D eigenvalue weighted by Gasteiger charge is -2.46. The van der Waals surface area contributed by atoms with Gasteiger partial charge in [-0.15, -0.1) is 0 Å². The first-order valence-electron chi connectivity index (χ1n) is 7.15. The molecule has 0 saturated heterocycles. The molecule has 0 aromatic carbocycles. The zero-order valence-corrected chi connectivity index (χ0v) is 12.9. The third kappa shape index (κ3) is 2.10. The van der Waals surface area contributed by atoms with Gasteiger partial charge in [0.25, 0.3) is 0 Å². The summed E-state index contributed by atoms with van der Waals surface area (Å²) in [6.07, 6.45) is 11.5. The van der Waals surface area contributed by atoms with Crippen molar-refractivity contribution in [3.05, 3.63) is 0 Å². The highest BCUT2D eigenvalue weighted by atomic mass is 35.6. The highest BCUT2D eigenvalue weighted by Crippen LogP contribution is 2.61. The molecule has 0 radical (unpaired) electrons. The van der Waals surface area contributed by atoms with Crippen molar-refractivity contribution in [1.29, 1.82) is 0 Å². The zero-order chi connectivity index (χ0) is 11.8. The fourth-order valence-corrected chi connectivity index (χ4v) is 11.2. The lowest BCUT2D eigenvalue weighted by Crippen LogP contribution is -2.46. The molecule has 0 heterocycles. The first-order valence-corrected chi connectivity index (χ1v) is 10.3. The molecule has 0 aromatic heterocycles. The average Bonchev–Trinajstić information content (AvgIpc) is 2.88. The summed E-state index contributed by atoms with van der Waals surface area (Å²) >= 11 is 7.37. The van der Waals surface area contributed by atoms with E-state index < -0.39 is 7.38 Å². The van der Waals surface area contributed by atoms with Gasteiger partial charge in [-0.1, -0.05) is 72.1 Å². The molecule has 16 heavy (non-hydrogen) atoms. The maximum Gasteiger partial charge on any atom is 0.167 e. The molecule has 2 aliphatic carbocycles. The zero-order valence-electron chi connectivity index (χ0n) is 11.2. The van der Waals surface area contributed by atoms with Crippen molar-refractivity contribution in [3.8, 4) is 0 Å². The van der Waals surface area contributed by atoms with Crippen molar-refractivity contribution in [3.63, 3.8) is 0 Å². The molecule has 0 spiro atoms. The summed E-state index contributed by atoms with van der Waals surface area (Å²) in [5.74, 6) is 0. The number of rotatable bonds is 2. The van der Waals surface area contributed by atoms with Crippen molar-refractivity contribution in [2.24, 2.45) is 0 Å². The molecular formula is C14H27ClSi. The van der Waals surface area contributed by atoms with E-state index in [1.807, 2.05) is 0 Å². The quantitative estimate of drug-likeness (QED) is 0.430. The van der Waals surface area contributed by atoms with E-state index in [0.29, 0.717) is 5.04 Å². The van der Waals surface area contributed by atoms with E-state index in [9.17, 15) is 0 Å². The van der Waals surface area contributed by atoms with Crippen LogP contribution in [0, 0.1) is 0 Å². The van der Waals surface area contributed by atoms with Crippen molar-refractivity contribution >= 4 is 18.5 Å². The van der Waals surface area contributed by atoms with Crippen LogP contribution >= 0.6 is 11.1 Å². The second-order valence-electron chi connectivity index (χ2n) is 6.98. The van der Waals surface area contributed by atoms with Crippen molar-refractivity contribution in [1.82, 2.24) is 0 Å². The van der Waals surface area contributed by atoms with Crippen LogP contribution in [0.3, 0.4) is 0 Å². The summed E-state index contributed by atoms with van der Waals surface area (Å²) in [7, 11) is -1.61. The van der Waals surface area contributed by atoms with Gasteiger partial charge < -0.3 is 0 Å². The van der Waals surface area contributed by atoms with E-state index in [1.54, 1.807) is 0 Å². The molecular weight excluding hydrogens is 232 g/mol. The van der Waals surface area contributed by atoms with Gasteiger partial charge in [0.05, 0.1) is 0 Å². The molecule has 0 unspecified atom stereocenters. The first kappa shape index (κ1) is 13.0. The Labute approximate surface area is 107 Å². The van der Waals surface area contributed by atoms with Gasteiger partial charge in [0, 0.05) is 0 Å². The van der Waals surface area contributed by atoms with Crippen LogP contribution in [0.2, 0.25) is 16.1 Å². The van der Waals surface area contributed by atoms with Gasteiger partial charge in [-0.3, -0.25) is 0 Å². The molecule has 2 heteroatoms. The smallest absolute Gasteiger partial charge is 0.166 e. The summed E-state index contributed by atoms with van der Waals surface area (Å²) < 4.78 is 0. The SMILES string of the molecule is CC(C)(C)[Si](Cl)(C1CCCC1)C1CCCC1. The van der Waals surface area contributed by atoms with Crippen LogP contribution in [0.1, 0.15) is 72.1 Å². The fourth-order valence-electron chi connectivity index (χ4n) is 4.25. The van der Waals surface area contributed by atoms with Crippen LogP contribution in [-0.2, 0) is 0 Å². The summed E-state index contributed by atoms with van der Waals surface area (Å²) in [5.41, 5.74) is 1.83. The minimum absolute atomic E-state index is 0.387. The van der Waals surface area contributed by atoms with Gasteiger partial charge in [0.15, 0.2) is 7.38 Å². The van der Waals surface area contributed by atoms with E-state index in [4.69, 9.17) is 11.1 Å². The van der Waals surface area contributed by atoms with E-state index >= 15 is 0 Å². The molecule has 0 atom stereocenters. The Morgan fingerprint density at radius 1 is 0.812 bits per heavy atom. The van der Waals surface area contributed by atoms with Crippen LogP contribution < -0.4 is 0 Å². The summed E-state index contributed by atoms with van der Waals surface area (Å²) in [5, 5.41) is 0.387. The summed E-state index contributed by atoms with van der Waals surface area (Å²) in [4.78, 5) is 0. The minimum Gasteiger partial charge on any atom is -0.166 e. The normalized spacial score (nSPS) is 25.5. The Morgan fingerprint density at radius 3 is 1.38 bits per heavy atom. The lowest BCUT2D eigenvalue weighted by atomic mass is 10.2. The summed E-state index contributed by atoms with van der Waals surface area (Å²) in [6.45, 7) is 7.26. The van der Waals surface area contributed by atoms with E-state index in [0.717, 1.165) is 11.1 Å². The molecule has 2 aliphatic rings. The van der Waals surface area contributed by atoms with Crippen LogP contribution in [-0.4, -0.2) is 7.38 Å². The number of hydrogen-bond donors (Lipinski definition) is 0. The van der Waals surface area contributed by atoms with Gasteiger partial charge in [-0.2, -0.15) is 11.1 Å². The fraction of sp³-hybridized carbons (Fsp3) is 1.00. The minimum atomic E-state index is -1.61. The third-order valence-electron chi connectivity index (χ3n) is 5.05. The Morgan fingerprint density at radius 2 is 1.12 bits per heavy atom. The second-order valence-corrected chi connectivity index (χ2v) is 13.5. The predicted molar refractivity (Wildman–Crippen MR) is 75.8 cm³/mol. The van der Waals surface area contributed by atoms with Crippen molar-refractivity contribution < 1.29 is 0 Å². The van der Waals surface area contributed by atoms with Crippen LogP contribution in [0.5, 0.6) is 0 Å².